The number of nitrogens with zero attached hydrogens (tertiary/aromatic N) is 2. The van der Waals surface area contributed by atoms with Crippen LogP contribution in [0.5, 0.6) is 0 Å². The van der Waals surface area contributed by atoms with Gasteiger partial charge in [-0.3, -0.25) is 14.4 Å². The molecule has 0 saturated carbocycles. The molecule has 1 saturated heterocycles. The van der Waals surface area contributed by atoms with Crippen LogP contribution in [0.4, 0.5) is 5.69 Å². The third kappa shape index (κ3) is 4.34. The zero-order valence-corrected chi connectivity index (χ0v) is 18.6. The van der Waals surface area contributed by atoms with Crippen LogP contribution >= 0.6 is 23.4 Å². The van der Waals surface area contributed by atoms with Crippen molar-refractivity contribution in [3.63, 3.8) is 0 Å². The Balaban J connectivity index is 1.56. The lowest BCUT2D eigenvalue weighted by atomic mass is 9.96. The maximum Gasteiger partial charge on any atom is 0.264 e. The van der Waals surface area contributed by atoms with Gasteiger partial charge in [0, 0.05) is 41.5 Å². The topological polar surface area (TPSA) is 83.7 Å². The highest BCUT2D eigenvalue weighted by molar-refractivity contribution is 8.04. The number of likely N-dealkylation sites (tertiary alicyclic amines) is 1. The Morgan fingerprint density at radius 1 is 1.16 bits per heavy atom. The number of likely N-dealkylation sites (N-methyl/N-ethyl adjacent to an activating group) is 1. The Morgan fingerprint density at radius 3 is 2.55 bits per heavy atom. The quantitative estimate of drug-likeness (QED) is 0.714. The highest BCUT2D eigenvalue weighted by Gasteiger charge is 2.30. The van der Waals surface area contributed by atoms with Gasteiger partial charge < -0.3 is 15.5 Å². The molecule has 8 heteroatoms. The molecule has 0 bridgehead atoms. The van der Waals surface area contributed by atoms with Crippen molar-refractivity contribution in [3.8, 4) is 0 Å². The van der Waals surface area contributed by atoms with E-state index in [0.717, 1.165) is 10.5 Å². The molecular formula is C23H22ClN3O3S. The van der Waals surface area contributed by atoms with Crippen molar-refractivity contribution in [2.24, 2.45) is 11.7 Å². The Hall–Kier alpha value is -2.77. The monoisotopic (exact) mass is 455 g/mol. The van der Waals surface area contributed by atoms with Crippen LogP contribution in [0.25, 0.3) is 6.08 Å². The van der Waals surface area contributed by atoms with Crippen LogP contribution in [-0.2, 0) is 9.59 Å². The first kappa shape index (κ1) is 21.5. The summed E-state index contributed by atoms with van der Waals surface area (Å²) in [5, 5.41) is 0.581. The second-order valence-corrected chi connectivity index (χ2v) is 9.14. The van der Waals surface area contributed by atoms with Gasteiger partial charge in [-0.25, -0.2) is 0 Å². The summed E-state index contributed by atoms with van der Waals surface area (Å²) in [6, 6.07) is 12.8. The highest BCUT2D eigenvalue weighted by Crippen LogP contribution is 2.42. The van der Waals surface area contributed by atoms with E-state index in [9.17, 15) is 14.4 Å². The van der Waals surface area contributed by atoms with Crippen LogP contribution < -0.4 is 10.6 Å². The van der Waals surface area contributed by atoms with Crippen molar-refractivity contribution in [3.05, 3.63) is 63.5 Å². The molecule has 0 radical (unpaired) electrons. The van der Waals surface area contributed by atoms with Crippen molar-refractivity contribution in [1.82, 2.24) is 4.90 Å². The molecule has 2 aromatic carbocycles. The molecule has 2 heterocycles. The summed E-state index contributed by atoms with van der Waals surface area (Å²) in [6.07, 6.45) is 2.95. The summed E-state index contributed by atoms with van der Waals surface area (Å²) in [5.74, 6) is -0.729. The third-order valence-electron chi connectivity index (χ3n) is 5.68. The number of thioether (sulfide) groups is 1. The number of hydrogen-bond donors (Lipinski definition) is 1. The van der Waals surface area contributed by atoms with Gasteiger partial charge in [-0.15, -0.1) is 0 Å². The smallest absolute Gasteiger partial charge is 0.264 e. The maximum atomic E-state index is 13.0. The zero-order valence-electron chi connectivity index (χ0n) is 17.0. The van der Waals surface area contributed by atoms with Gasteiger partial charge in [-0.1, -0.05) is 41.6 Å². The van der Waals surface area contributed by atoms with Crippen molar-refractivity contribution in [2.75, 3.05) is 25.0 Å². The average Bonchev–Trinajstić information content (AvgIpc) is 2.78. The number of halogens is 1. The fourth-order valence-corrected chi connectivity index (χ4v) is 5.08. The number of hydrogen-bond acceptors (Lipinski definition) is 4. The van der Waals surface area contributed by atoms with E-state index in [1.54, 1.807) is 41.1 Å². The highest BCUT2D eigenvalue weighted by atomic mass is 35.5. The number of anilines is 1. The molecule has 4 rings (SSSR count). The molecule has 3 amide bonds. The summed E-state index contributed by atoms with van der Waals surface area (Å²) in [4.78, 5) is 42.0. The molecule has 6 nitrogen and oxygen atoms in total. The minimum atomic E-state index is -0.307. The van der Waals surface area contributed by atoms with Crippen molar-refractivity contribution in [1.29, 1.82) is 0 Å². The van der Waals surface area contributed by atoms with Crippen LogP contribution in [0.2, 0.25) is 5.02 Å². The number of piperidine rings is 1. The molecule has 1 fully saturated rings. The molecule has 2 N–H and O–H groups in total. The molecule has 0 aromatic heterocycles. The molecule has 2 aliphatic rings. The van der Waals surface area contributed by atoms with Crippen LogP contribution in [-0.4, -0.2) is 42.8 Å². The molecule has 31 heavy (non-hydrogen) atoms. The van der Waals surface area contributed by atoms with Crippen molar-refractivity contribution < 1.29 is 14.4 Å². The Bertz CT molecular complexity index is 1090. The molecule has 2 aromatic rings. The summed E-state index contributed by atoms with van der Waals surface area (Å²) in [6.45, 7) is 0.996. The van der Waals surface area contributed by atoms with Crippen LogP contribution in [0.3, 0.4) is 0 Å². The lowest BCUT2D eigenvalue weighted by Gasteiger charge is -2.31. The normalized spacial score (nSPS) is 18.3. The van der Waals surface area contributed by atoms with Crippen molar-refractivity contribution in [2.45, 2.75) is 17.7 Å². The summed E-state index contributed by atoms with van der Waals surface area (Å²) < 4.78 is 0. The Kier molecular flexibility index (Phi) is 6.07. The third-order valence-corrected chi connectivity index (χ3v) is 7.10. The Labute approximate surface area is 190 Å². The first-order valence-electron chi connectivity index (χ1n) is 10.00. The van der Waals surface area contributed by atoms with E-state index in [0.29, 0.717) is 47.1 Å². The van der Waals surface area contributed by atoms with Gasteiger partial charge in [0.25, 0.3) is 11.8 Å². The fraction of sp³-hybridized carbons (Fsp3) is 0.261. The van der Waals surface area contributed by atoms with Crippen LogP contribution in [0.15, 0.2) is 52.3 Å². The first-order chi connectivity index (χ1) is 14.8. The lowest BCUT2D eigenvalue weighted by Crippen LogP contribution is -2.41. The predicted octanol–water partition coefficient (Wildman–Crippen LogP) is 3.79. The molecule has 0 atom stereocenters. The van der Waals surface area contributed by atoms with E-state index in [2.05, 4.69) is 0 Å². The number of nitrogens with two attached hydrogens (primary N) is 1. The van der Waals surface area contributed by atoms with E-state index >= 15 is 0 Å². The van der Waals surface area contributed by atoms with Gasteiger partial charge in [0.15, 0.2) is 0 Å². The van der Waals surface area contributed by atoms with Gasteiger partial charge in [0.2, 0.25) is 5.91 Å². The number of amides is 3. The summed E-state index contributed by atoms with van der Waals surface area (Å²) in [5.41, 5.74) is 7.38. The summed E-state index contributed by atoms with van der Waals surface area (Å²) in [7, 11) is 1.70. The molecule has 160 valence electrons. The number of carbonyl (C=O) groups excluding carboxylic acids is 3. The van der Waals surface area contributed by atoms with E-state index in [1.807, 2.05) is 24.3 Å². The average molecular weight is 456 g/mol. The molecule has 2 aliphatic heterocycles. The Morgan fingerprint density at radius 2 is 1.87 bits per heavy atom. The van der Waals surface area contributed by atoms with E-state index < -0.39 is 0 Å². The van der Waals surface area contributed by atoms with Gasteiger partial charge in [-0.2, -0.15) is 0 Å². The van der Waals surface area contributed by atoms with Crippen LogP contribution in [0, 0.1) is 5.92 Å². The second-order valence-electron chi connectivity index (χ2n) is 7.65. The number of carbonyl (C=O) groups is 3. The SMILES string of the molecule is CN1C(=O)/C(=C\c2ccccc2Cl)Sc2ccc(C(=O)N3CCC(C(N)=O)CC3)cc21. The molecule has 0 aliphatic carbocycles. The van der Waals surface area contributed by atoms with Gasteiger partial charge in [-0.05, 0) is 48.7 Å². The number of benzene rings is 2. The second kappa shape index (κ2) is 8.77. The fourth-order valence-electron chi connectivity index (χ4n) is 3.81. The summed E-state index contributed by atoms with van der Waals surface area (Å²) >= 11 is 7.60. The zero-order chi connectivity index (χ0) is 22.1. The number of primary amides is 1. The van der Waals surface area contributed by atoms with Gasteiger partial charge >= 0.3 is 0 Å². The largest absolute Gasteiger partial charge is 0.369 e. The van der Waals surface area contributed by atoms with Crippen molar-refractivity contribution >= 4 is 52.8 Å². The number of fused-ring (bicyclic) bond motifs is 1. The van der Waals surface area contributed by atoms with E-state index in [1.165, 1.54) is 11.8 Å². The number of rotatable bonds is 3. The molecule has 0 spiro atoms. The van der Waals surface area contributed by atoms with E-state index in [4.69, 9.17) is 17.3 Å². The standard InChI is InChI=1S/C23H22ClN3O3S/c1-26-18-12-16(22(29)27-10-8-14(9-11-27)21(25)28)6-7-19(18)31-20(23(26)30)13-15-4-2-3-5-17(15)24/h2-7,12-14H,8-11H2,1H3,(H2,25,28)/b20-13+. The maximum absolute atomic E-state index is 13.0. The van der Waals surface area contributed by atoms with Crippen LogP contribution in [0.1, 0.15) is 28.8 Å². The van der Waals surface area contributed by atoms with Gasteiger partial charge in [0.1, 0.15) is 0 Å². The van der Waals surface area contributed by atoms with E-state index in [-0.39, 0.29) is 23.6 Å². The molecule has 0 unspecified atom stereocenters. The van der Waals surface area contributed by atoms with Gasteiger partial charge in [0.05, 0.1) is 10.6 Å². The lowest BCUT2D eigenvalue weighted by molar-refractivity contribution is -0.123. The minimum absolute atomic E-state index is 0.103. The molecular weight excluding hydrogens is 434 g/mol. The minimum Gasteiger partial charge on any atom is -0.369 e. The predicted molar refractivity (Wildman–Crippen MR) is 123 cm³/mol. The first-order valence-corrected chi connectivity index (χ1v) is 11.2.